The number of fused-ring (bicyclic) bond motifs is 1. The number of hydrogen-bond acceptors (Lipinski definition) is 3. The van der Waals surface area contributed by atoms with Crippen LogP contribution in [0, 0.1) is 0 Å². The lowest BCUT2D eigenvalue weighted by Gasteiger charge is -1.99. The number of benzene rings is 1. The molecule has 0 saturated heterocycles. The van der Waals surface area contributed by atoms with Crippen LogP contribution in [-0.2, 0) is 12.8 Å². The predicted octanol–water partition coefficient (Wildman–Crippen LogP) is 2.42. The van der Waals surface area contributed by atoms with Gasteiger partial charge in [0, 0.05) is 21.3 Å². The SMILES string of the molecule is O=C(N/N=C\c1ccccc1Br)c1n[nH]c2c1CCC2. The average Bonchev–Trinajstić information content (AvgIpc) is 3.03. The van der Waals surface area contributed by atoms with E-state index < -0.39 is 0 Å². The summed E-state index contributed by atoms with van der Waals surface area (Å²) in [5.74, 6) is -0.271. The minimum absolute atomic E-state index is 0.271. The second kappa shape index (κ2) is 5.58. The summed E-state index contributed by atoms with van der Waals surface area (Å²) in [5.41, 5.74) is 5.98. The number of rotatable bonds is 3. The highest BCUT2D eigenvalue weighted by Gasteiger charge is 2.22. The number of nitrogens with zero attached hydrogens (tertiary/aromatic N) is 2. The van der Waals surface area contributed by atoms with Crippen molar-refractivity contribution in [3.63, 3.8) is 0 Å². The van der Waals surface area contributed by atoms with Crippen molar-refractivity contribution in [2.45, 2.75) is 19.3 Å². The van der Waals surface area contributed by atoms with Gasteiger partial charge in [-0.15, -0.1) is 0 Å². The van der Waals surface area contributed by atoms with E-state index >= 15 is 0 Å². The predicted molar refractivity (Wildman–Crippen MR) is 79.8 cm³/mol. The number of nitrogens with one attached hydrogen (secondary N) is 2. The molecular weight excluding hydrogens is 320 g/mol. The summed E-state index contributed by atoms with van der Waals surface area (Å²) in [6.07, 6.45) is 4.55. The minimum atomic E-state index is -0.271. The van der Waals surface area contributed by atoms with Crippen molar-refractivity contribution in [1.29, 1.82) is 0 Å². The summed E-state index contributed by atoms with van der Waals surface area (Å²) in [7, 11) is 0. The van der Waals surface area contributed by atoms with Gasteiger partial charge in [-0.2, -0.15) is 10.2 Å². The Kier molecular flexibility index (Phi) is 3.64. The number of H-pyrrole nitrogens is 1. The van der Waals surface area contributed by atoms with E-state index in [1.165, 1.54) is 0 Å². The lowest BCUT2D eigenvalue weighted by molar-refractivity contribution is 0.0949. The molecule has 6 heteroatoms. The molecule has 0 saturated carbocycles. The number of aryl methyl sites for hydroxylation is 1. The second-order valence-corrected chi connectivity index (χ2v) is 5.46. The van der Waals surface area contributed by atoms with E-state index in [1.807, 2.05) is 24.3 Å². The fourth-order valence-electron chi connectivity index (χ4n) is 2.30. The lowest BCUT2D eigenvalue weighted by atomic mass is 10.2. The minimum Gasteiger partial charge on any atom is -0.281 e. The molecule has 3 rings (SSSR count). The highest BCUT2D eigenvalue weighted by Crippen LogP contribution is 2.22. The van der Waals surface area contributed by atoms with Crippen LogP contribution in [-0.4, -0.2) is 22.3 Å². The molecule has 2 aromatic rings. The Morgan fingerprint density at radius 3 is 3.10 bits per heavy atom. The molecular formula is C14H13BrN4O. The highest BCUT2D eigenvalue weighted by molar-refractivity contribution is 9.10. The van der Waals surface area contributed by atoms with Crippen molar-refractivity contribution in [3.8, 4) is 0 Å². The van der Waals surface area contributed by atoms with Crippen LogP contribution in [0.15, 0.2) is 33.8 Å². The van der Waals surface area contributed by atoms with E-state index in [0.29, 0.717) is 5.69 Å². The quantitative estimate of drug-likeness (QED) is 0.669. The maximum Gasteiger partial charge on any atom is 0.292 e. The number of aromatic amines is 1. The third-order valence-electron chi connectivity index (χ3n) is 3.30. The van der Waals surface area contributed by atoms with E-state index in [9.17, 15) is 4.79 Å². The maximum atomic E-state index is 12.0. The Bertz CT molecular complexity index is 678. The molecule has 0 radical (unpaired) electrons. The second-order valence-electron chi connectivity index (χ2n) is 4.60. The molecule has 0 aliphatic heterocycles. The van der Waals surface area contributed by atoms with Gasteiger partial charge in [-0.3, -0.25) is 9.89 Å². The van der Waals surface area contributed by atoms with E-state index in [2.05, 4.69) is 36.7 Å². The van der Waals surface area contributed by atoms with Gasteiger partial charge in [0.2, 0.25) is 0 Å². The molecule has 1 heterocycles. The Balaban J connectivity index is 1.69. The summed E-state index contributed by atoms with van der Waals surface area (Å²) < 4.78 is 0.929. The number of hydrogen-bond donors (Lipinski definition) is 2. The Morgan fingerprint density at radius 2 is 2.25 bits per heavy atom. The average molecular weight is 333 g/mol. The van der Waals surface area contributed by atoms with Crippen molar-refractivity contribution < 1.29 is 4.79 Å². The summed E-state index contributed by atoms with van der Waals surface area (Å²) in [4.78, 5) is 12.0. The van der Waals surface area contributed by atoms with Gasteiger partial charge in [-0.1, -0.05) is 34.1 Å². The standard InChI is InChI=1S/C14H13BrN4O/c15-11-6-2-1-4-9(11)8-16-19-14(20)13-10-5-3-7-12(10)17-18-13/h1-2,4,6,8H,3,5,7H2,(H,17,18)(H,19,20)/b16-8-. The van der Waals surface area contributed by atoms with Gasteiger partial charge in [0.1, 0.15) is 0 Å². The van der Waals surface area contributed by atoms with Gasteiger partial charge in [-0.25, -0.2) is 5.43 Å². The van der Waals surface area contributed by atoms with Crippen molar-refractivity contribution in [1.82, 2.24) is 15.6 Å². The van der Waals surface area contributed by atoms with E-state index in [0.717, 1.165) is 40.6 Å². The number of aromatic nitrogens is 2. The highest BCUT2D eigenvalue weighted by atomic mass is 79.9. The topological polar surface area (TPSA) is 70.1 Å². The van der Waals surface area contributed by atoms with Crippen LogP contribution in [0.25, 0.3) is 0 Å². The molecule has 1 aliphatic carbocycles. The number of halogens is 1. The normalized spacial score (nSPS) is 13.7. The van der Waals surface area contributed by atoms with Gasteiger partial charge < -0.3 is 0 Å². The van der Waals surface area contributed by atoms with Crippen LogP contribution in [0.2, 0.25) is 0 Å². The molecule has 1 amide bonds. The first-order chi connectivity index (χ1) is 9.75. The van der Waals surface area contributed by atoms with Crippen molar-refractivity contribution in [3.05, 3.63) is 51.3 Å². The van der Waals surface area contributed by atoms with Gasteiger partial charge in [-0.05, 0) is 25.3 Å². The van der Waals surface area contributed by atoms with Gasteiger partial charge in [0.15, 0.2) is 5.69 Å². The zero-order chi connectivity index (χ0) is 13.9. The largest absolute Gasteiger partial charge is 0.292 e. The number of carbonyl (C=O) groups is 1. The Morgan fingerprint density at radius 1 is 1.40 bits per heavy atom. The molecule has 1 aliphatic rings. The molecule has 102 valence electrons. The summed E-state index contributed by atoms with van der Waals surface area (Å²) in [5, 5.41) is 11.0. The third kappa shape index (κ3) is 2.51. The maximum absolute atomic E-state index is 12.0. The van der Waals surface area contributed by atoms with Crippen molar-refractivity contribution in [2.24, 2.45) is 5.10 Å². The van der Waals surface area contributed by atoms with Gasteiger partial charge >= 0.3 is 0 Å². The van der Waals surface area contributed by atoms with Crippen LogP contribution in [0.1, 0.15) is 33.7 Å². The third-order valence-corrected chi connectivity index (χ3v) is 4.02. The zero-order valence-corrected chi connectivity index (χ0v) is 12.3. The van der Waals surface area contributed by atoms with Gasteiger partial charge in [0.05, 0.1) is 6.21 Å². The van der Waals surface area contributed by atoms with E-state index in [4.69, 9.17) is 0 Å². The summed E-state index contributed by atoms with van der Waals surface area (Å²) in [6, 6.07) is 7.66. The first-order valence-electron chi connectivity index (χ1n) is 6.40. The number of amides is 1. The molecule has 5 nitrogen and oxygen atoms in total. The molecule has 0 unspecified atom stereocenters. The first-order valence-corrected chi connectivity index (χ1v) is 7.19. The molecule has 20 heavy (non-hydrogen) atoms. The van der Waals surface area contributed by atoms with E-state index in [-0.39, 0.29) is 5.91 Å². The monoisotopic (exact) mass is 332 g/mol. The van der Waals surface area contributed by atoms with Crippen LogP contribution in [0.5, 0.6) is 0 Å². The summed E-state index contributed by atoms with van der Waals surface area (Å²) >= 11 is 3.42. The first kappa shape index (κ1) is 13.1. The molecule has 0 fully saturated rings. The summed E-state index contributed by atoms with van der Waals surface area (Å²) in [6.45, 7) is 0. The molecule has 2 N–H and O–H groups in total. The fourth-order valence-corrected chi connectivity index (χ4v) is 2.69. The molecule has 0 bridgehead atoms. The zero-order valence-electron chi connectivity index (χ0n) is 10.7. The van der Waals surface area contributed by atoms with Crippen molar-refractivity contribution in [2.75, 3.05) is 0 Å². The number of carbonyl (C=O) groups excluding carboxylic acids is 1. The lowest BCUT2D eigenvalue weighted by Crippen LogP contribution is -2.19. The molecule has 1 aromatic carbocycles. The molecule has 0 spiro atoms. The Hall–Kier alpha value is -1.95. The smallest absolute Gasteiger partial charge is 0.281 e. The fraction of sp³-hybridized carbons (Fsp3) is 0.214. The van der Waals surface area contributed by atoms with Crippen LogP contribution < -0.4 is 5.43 Å². The van der Waals surface area contributed by atoms with Crippen molar-refractivity contribution >= 4 is 28.1 Å². The number of hydrazone groups is 1. The van der Waals surface area contributed by atoms with Crippen LogP contribution in [0.3, 0.4) is 0 Å². The van der Waals surface area contributed by atoms with Gasteiger partial charge in [0.25, 0.3) is 5.91 Å². The van der Waals surface area contributed by atoms with E-state index in [1.54, 1.807) is 6.21 Å². The Labute approximate surface area is 124 Å². The van der Waals surface area contributed by atoms with Crippen LogP contribution in [0.4, 0.5) is 0 Å². The molecule has 1 aromatic heterocycles. The molecule has 0 atom stereocenters. The van der Waals surface area contributed by atoms with Crippen LogP contribution >= 0.6 is 15.9 Å².